The Hall–Kier alpha value is -0.240. The van der Waals surface area contributed by atoms with Crippen molar-refractivity contribution in [3.05, 3.63) is 0 Å². The molecule has 0 aliphatic carbocycles. The molecule has 0 amide bonds. The fourth-order valence-electron chi connectivity index (χ4n) is 2.09. The van der Waals surface area contributed by atoms with Crippen LogP contribution in [0.25, 0.3) is 0 Å². The lowest BCUT2D eigenvalue weighted by Crippen LogP contribution is -2.64. The van der Waals surface area contributed by atoms with Gasteiger partial charge in [0, 0.05) is 13.5 Å². The fraction of sp³-hybridized carbons (Fsp3) is 1.00. The van der Waals surface area contributed by atoms with E-state index in [0.717, 1.165) is 6.42 Å². The molecule has 1 spiro atoms. The standard InChI is InChI=1S/C9H16O6/c1-13-8-6(11)5(10)7(12)9(15-8)3-2-4-14-9/h5-8,10-12H,2-4H2,1H3/t5-,6-,7+,8+,9+/m1/s1. The third kappa shape index (κ3) is 1.67. The molecule has 0 aromatic carbocycles. The second kappa shape index (κ2) is 3.97. The van der Waals surface area contributed by atoms with E-state index in [-0.39, 0.29) is 0 Å². The molecule has 0 saturated carbocycles. The number of hydrogen-bond donors (Lipinski definition) is 3. The van der Waals surface area contributed by atoms with Gasteiger partial charge in [-0.25, -0.2) is 0 Å². The van der Waals surface area contributed by atoms with Gasteiger partial charge in [0.25, 0.3) is 0 Å². The maximum Gasteiger partial charge on any atom is 0.200 e. The van der Waals surface area contributed by atoms with E-state index in [1.807, 2.05) is 0 Å². The van der Waals surface area contributed by atoms with E-state index in [4.69, 9.17) is 14.2 Å². The number of methoxy groups -OCH3 is 1. The molecule has 2 fully saturated rings. The minimum absolute atomic E-state index is 0.469. The van der Waals surface area contributed by atoms with Gasteiger partial charge < -0.3 is 29.5 Å². The molecule has 0 aromatic rings. The molecule has 0 bridgehead atoms. The summed E-state index contributed by atoms with van der Waals surface area (Å²) in [6.45, 7) is 0.469. The first kappa shape index (κ1) is 11.3. The van der Waals surface area contributed by atoms with Crippen LogP contribution in [0.5, 0.6) is 0 Å². The third-order valence-corrected chi connectivity index (χ3v) is 2.97. The number of aliphatic hydroxyl groups excluding tert-OH is 3. The van der Waals surface area contributed by atoms with Gasteiger partial charge in [-0.05, 0) is 6.42 Å². The van der Waals surface area contributed by atoms with Crippen LogP contribution in [0.4, 0.5) is 0 Å². The van der Waals surface area contributed by atoms with Crippen LogP contribution < -0.4 is 0 Å². The summed E-state index contributed by atoms with van der Waals surface area (Å²) in [5.41, 5.74) is 0. The predicted molar refractivity (Wildman–Crippen MR) is 47.8 cm³/mol. The first-order valence-corrected chi connectivity index (χ1v) is 4.99. The minimum Gasteiger partial charge on any atom is -0.387 e. The Morgan fingerprint density at radius 2 is 2.00 bits per heavy atom. The van der Waals surface area contributed by atoms with E-state index >= 15 is 0 Å². The fourth-order valence-corrected chi connectivity index (χ4v) is 2.09. The molecular formula is C9H16O6. The number of aliphatic hydroxyl groups is 3. The van der Waals surface area contributed by atoms with E-state index in [1.165, 1.54) is 7.11 Å². The van der Waals surface area contributed by atoms with E-state index in [2.05, 4.69) is 0 Å². The Morgan fingerprint density at radius 1 is 1.27 bits per heavy atom. The van der Waals surface area contributed by atoms with Crippen molar-refractivity contribution in [2.75, 3.05) is 13.7 Å². The lowest BCUT2D eigenvalue weighted by Gasteiger charge is -2.45. The molecule has 2 saturated heterocycles. The molecule has 2 heterocycles. The Balaban J connectivity index is 2.19. The Morgan fingerprint density at radius 3 is 2.53 bits per heavy atom. The van der Waals surface area contributed by atoms with Gasteiger partial charge in [0.15, 0.2) is 12.1 Å². The largest absolute Gasteiger partial charge is 0.387 e. The Bertz CT molecular complexity index is 225. The Kier molecular flexibility index (Phi) is 2.98. The first-order chi connectivity index (χ1) is 7.10. The van der Waals surface area contributed by atoms with Crippen molar-refractivity contribution in [3.63, 3.8) is 0 Å². The molecule has 2 aliphatic heterocycles. The lowest BCUT2D eigenvalue weighted by atomic mass is 9.94. The van der Waals surface area contributed by atoms with Gasteiger partial charge in [-0.3, -0.25) is 0 Å². The van der Waals surface area contributed by atoms with Crippen LogP contribution in [0.1, 0.15) is 12.8 Å². The van der Waals surface area contributed by atoms with Crippen LogP contribution in [0, 0.1) is 0 Å². The Labute approximate surface area is 87.4 Å². The van der Waals surface area contributed by atoms with Gasteiger partial charge in [-0.15, -0.1) is 0 Å². The quantitative estimate of drug-likeness (QED) is 0.502. The van der Waals surface area contributed by atoms with Gasteiger partial charge in [0.1, 0.15) is 18.3 Å². The van der Waals surface area contributed by atoms with Crippen LogP contribution in [0.15, 0.2) is 0 Å². The summed E-state index contributed by atoms with van der Waals surface area (Å²) >= 11 is 0. The molecule has 0 aromatic heterocycles. The van der Waals surface area contributed by atoms with Crippen molar-refractivity contribution < 1.29 is 29.5 Å². The third-order valence-electron chi connectivity index (χ3n) is 2.97. The van der Waals surface area contributed by atoms with Crippen molar-refractivity contribution in [1.82, 2.24) is 0 Å². The van der Waals surface area contributed by atoms with Crippen molar-refractivity contribution in [1.29, 1.82) is 0 Å². The summed E-state index contributed by atoms with van der Waals surface area (Å²) in [4.78, 5) is 0. The molecule has 0 radical (unpaired) electrons. The molecule has 2 rings (SSSR count). The molecular weight excluding hydrogens is 204 g/mol. The molecule has 5 atom stereocenters. The maximum atomic E-state index is 9.80. The van der Waals surface area contributed by atoms with E-state index in [1.54, 1.807) is 0 Å². The first-order valence-electron chi connectivity index (χ1n) is 4.99. The molecule has 6 nitrogen and oxygen atoms in total. The number of rotatable bonds is 1. The second-order valence-corrected chi connectivity index (χ2v) is 3.91. The van der Waals surface area contributed by atoms with Gasteiger partial charge in [0.2, 0.25) is 0 Å². The molecule has 0 unspecified atom stereocenters. The average molecular weight is 220 g/mol. The minimum atomic E-state index is -1.32. The number of ether oxygens (including phenoxy) is 3. The highest BCUT2D eigenvalue weighted by Crippen LogP contribution is 2.38. The summed E-state index contributed by atoms with van der Waals surface area (Å²) in [5.74, 6) is -1.22. The zero-order valence-corrected chi connectivity index (χ0v) is 8.50. The molecule has 15 heavy (non-hydrogen) atoms. The van der Waals surface area contributed by atoms with Crippen LogP contribution in [0.2, 0.25) is 0 Å². The molecule has 2 aliphatic rings. The average Bonchev–Trinajstić information content (AvgIpc) is 2.70. The normalized spacial score (nSPS) is 51.2. The monoisotopic (exact) mass is 220 g/mol. The highest BCUT2D eigenvalue weighted by atomic mass is 16.8. The smallest absolute Gasteiger partial charge is 0.200 e. The van der Waals surface area contributed by atoms with Gasteiger partial charge in [0.05, 0.1) is 6.61 Å². The maximum absolute atomic E-state index is 9.80. The van der Waals surface area contributed by atoms with Crippen molar-refractivity contribution in [3.8, 4) is 0 Å². The number of hydrogen-bond acceptors (Lipinski definition) is 6. The van der Waals surface area contributed by atoms with Gasteiger partial charge in [-0.1, -0.05) is 0 Å². The van der Waals surface area contributed by atoms with Gasteiger partial charge in [-0.2, -0.15) is 0 Å². The van der Waals surface area contributed by atoms with E-state index in [0.29, 0.717) is 13.0 Å². The molecule has 88 valence electrons. The van der Waals surface area contributed by atoms with Crippen molar-refractivity contribution >= 4 is 0 Å². The van der Waals surface area contributed by atoms with E-state index < -0.39 is 30.4 Å². The summed E-state index contributed by atoms with van der Waals surface area (Å²) in [6, 6.07) is 0. The topological polar surface area (TPSA) is 88.4 Å². The summed E-state index contributed by atoms with van der Waals surface area (Å²) in [5, 5.41) is 29.0. The summed E-state index contributed by atoms with van der Waals surface area (Å²) < 4.78 is 15.6. The highest BCUT2D eigenvalue weighted by molar-refractivity contribution is 4.96. The zero-order chi connectivity index (χ0) is 11.1. The van der Waals surface area contributed by atoms with Crippen LogP contribution in [-0.2, 0) is 14.2 Å². The molecule has 6 heteroatoms. The van der Waals surface area contributed by atoms with Crippen LogP contribution in [-0.4, -0.2) is 59.4 Å². The van der Waals surface area contributed by atoms with Crippen molar-refractivity contribution in [2.24, 2.45) is 0 Å². The van der Waals surface area contributed by atoms with Gasteiger partial charge >= 0.3 is 0 Å². The lowest BCUT2D eigenvalue weighted by molar-refractivity contribution is -0.387. The SMILES string of the molecule is CO[C@H]1O[C@@]2(CCCO2)[C@@H](O)[C@H](O)[C@H]1O. The highest BCUT2D eigenvalue weighted by Gasteiger charge is 2.56. The van der Waals surface area contributed by atoms with E-state index in [9.17, 15) is 15.3 Å². The second-order valence-electron chi connectivity index (χ2n) is 3.91. The summed E-state index contributed by atoms with van der Waals surface area (Å²) in [7, 11) is 1.36. The van der Waals surface area contributed by atoms with Crippen LogP contribution >= 0.6 is 0 Å². The predicted octanol–water partition coefficient (Wildman–Crippen LogP) is -1.42. The zero-order valence-electron chi connectivity index (χ0n) is 8.50. The molecule has 3 N–H and O–H groups in total. The van der Waals surface area contributed by atoms with Crippen molar-refractivity contribution in [2.45, 2.75) is 43.2 Å². The summed E-state index contributed by atoms with van der Waals surface area (Å²) in [6.07, 6.45) is -3.57. The van der Waals surface area contributed by atoms with Crippen LogP contribution in [0.3, 0.4) is 0 Å².